The second-order valence-electron chi connectivity index (χ2n) is 7.06. The van der Waals surface area contributed by atoms with Crippen LogP contribution in [0.2, 0.25) is 5.02 Å². The molecule has 2 aromatic rings. The van der Waals surface area contributed by atoms with Crippen LogP contribution in [-0.2, 0) is 9.53 Å². The summed E-state index contributed by atoms with van der Waals surface area (Å²) in [4.78, 5) is 29.0. The molecule has 6 nitrogen and oxygen atoms in total. The highest BCUT2D eigenvalue weighted by molar-refractivity contribution is 6.31. The minimum Gasteiger partial charge on any atom is -0.464 e. The van der Waals surface area contributed by atoms with Gasteiger partial charge in [0.15, 0.2) is 0 Å². The summed E-state index contributed by atoms with van der Waals surface area (Å²) in [5.74, 6) is 0.0772. The third kappa shape index (κ3) is 4.19. The topological polar surface area (TPSA) is 75.6 Å². The number of carbonyl (C=O) groups excluding carboxylic acids is 2. The van der Waals surface area contributed by atoms with Crippen LogP contribution in [-0.4, -0.2) is 43.6 Å². The number of quaternary nitrogens is 1. The molecule has 2 atom stereocenters. The van der Waals surface area contributed by atoms with Gasteiger partial charge in [0, 0.05) is 21.8 Å². The molecule has 0 aliphatic carbocycles. The van der Waals surface area contributed by atoms with Crippen LogP contribution < -0.4 is 10.2 Å². The summed E-state index contributed by atoms with van der Waals surface area (Å²) in [6.45, 7) is 5.29. The van der Waals surface area contributed by atoms with Crippen LogP contribution in [0.15, 0.2) is 18.2 Å². The van der Waals surface area contributed by atoms with Crippen LogP contribution in [0.4, 0.5) is 5.69 Å². The van der Waals surface area contributed by atoms with E-state index in [9.17, 15) is 9.59 Å². The largest absolute Gasteiger partial charge is 0.464 e. The molecule has 1 fully saturated rings. The first kappa shape index (κ1) is 18.7. The predicted molar refractivity (Wildman–Crippen MR) is 102 cm³/mol. The van der Waals surface area contributed by atoms with Gasteiger partial charge in [0.1, 0.15) is 5.69 Å². The van der Waals surface area contributed by atoms with Crippen molar-refractivity contribution in [1.82, 2.24) is 4.98 Å². The van der Waals surface area contributed by atoms with Gasteiger partial charge in [-0.15, -0.1) is 0 Å². The molecule has 0 spiro atoms. The number of aromatic amines is 1. The SMILES string of the molecule is COC(=O)c1[nH]c2ccc(Cl)cc2c1NC(=O)CC[NH+]1CCC[C@H](C)C1. The molecular formula is C19H25ClN3O3+. The molecule has 2 heterocycles. The maximum absolute atomic E-state index is 12.5. The van der Waals surface area contributed by atoms with E-state index in [2.05, 4.69) is 17.2 Å². The fourth-order valence-corrected chi connectivity index (χ4v) is 3.84. The van der Waals surface area contributed by atoms with E-state index in [-0.39, 0.29) is 11.6 Å². The van der Waals surface area contributed by atoms with E-state index in [1.54, 1.807) is 18.2 Å². The van der Waals surface area contributed by atoms with Gasteiger partial charge in [0.2, 0.25) is 5.91 Å². The molecule has 7 heteroatoms. The lowest BCUT2D eigenvalue weighted by molar-refractivity contribution is -0.907. The Morgan fingerprint density at radius 3 is 2.96 bits per heavy atom. The number of aromatic nitrogens is 1. The van der Waals surface area contributed by atoms with Crippen molar-refractivity contribution < 1.29 is 19.2 Å². The standard InChI is InChI=1S/C19H24ClN3O3/c1-12-4-3-8-23(11-12)9-7-16(24)22-17-14-10-13(20)5-6-15(14)21-18(17)19(25)26-2/h5-6,10,12,21H,3-4,7-9,11H2,1-2H3,(H,22,24)/p+1/t12-/m0/s1. The Balaban J connectivity index is 1.75. The lowest BCUT2D eigenvalue weighted by Crippen LogP contribution is -3.13. The maximum atomic E-state index is 12.5. The molecule has 1 unspecified atom stereocenters. The number of likely N-dealkylation sites (tertiary alicyclic amines) is 1. The van der Waals surface area contributed by atoms with Gasteiger partial charge in [-0.3, -0.25) is 4.79 Å². The van der Waals surface area contributed by atoms with Crippen molar-refractivity contribution in [1.29, 1.82) is 0 Å². The van der Waals surface area contributed by atoms with Gasteiger partial charge in [0.05, 0.1) is 38.9 Å². The number of carbonyl (C=O) groups is 2. The van der Waals surface area contributed by atoms with Gasteiger partial charge in [-0.2, -0.15) is 0 Å². The third-order valence-corrected chi connectivity index (χ3v) is 5.22. The number of esters is 1. The molecule has 1 aliphatic rings. The lowest BCUT2D eigenvalue weighted by Gasteiger charge is -2.27. The van der Waals surface area contributed by atoms with E-state index < -0.39 is 5.97 Å². The average Bonchev–Trinajstić information content (AvgIpc) is 2.97. The van der Waals surface area contributed by atoms with Crippen molar-refractivity contribution in [3.63, 3.8) is 0 Å². The van der Waals surface area contributed by atoms with Crippen LogP contribution in [0, 0.1) is 5.92 Å². The minimum atomic E-state index is -0.525. The molecule has 0 bridgehead atoms. The summed E-state index contributed by atoms with van der Waals surface area (Å²) in [6.07, 6.45) is 2.90. The van der Waals surface area contributed by atoms with Gasteiger partial charge in [-0.25, -0.2) is 4.79 Å². The van der Waals surface area contributed by atoms with Crippen molar-refractivity contribution in [2.75, 3.05) is 32.1 Å². The first-order chi connectivity index (χ1) is 12.5. The number of hydrogen-bond acceptors (Lipinski definition) is 3. The number of halogens is 1. The first-order valence-electron chi connectivity index (χ1n) is 9.01. The summed E-state index contributed by atoms with van der Waals surface area (Å²) in [5, 5.41) is 4.12. The summed E-state index contributed by atoms with van der Waals surface area (Å²) in [7, 11) is 1.31. The third-order valence-electron chi connectivity index (χ3n) is 4.98. The van der Waals surface area contributed by atoms with Crippen molar-refractivity contribution in [3.05, 3.63) is 28.9 Å². The molecule has 1 aromatic heterocycles. The number of anilines is 1. The second-order valence-corrected chi connectivity index (χ2v) is 7.49. The summed E-state index contributed by atoms with van der Waals surface area (Å²) in [6, 6.07) is 5.24. The Kier molecular flexibility index (Phi) is 5.84. The number of ether oxygens (including phenoxy) is 1. The van der Waals surface area contributed by atoms with Crippen molar-refractivity contribution in [2.45, 2.75) is 26.2 Å². The van der Waals surface area contributed by atoms with Gasteiger partial charge < -0.3 is 19.9 Å². The zero-order valence-corrected chi connectivity index (χ0v) is 15.9. The fraction of sp³-hybridized carbons (Fsp3) is 0.474. The molecule has 3 N–H and O–H groups in total. The van der Waals surface area contributed by atoms with Crippen molar-refractivity contribution >= 4 is 40.1 Å². The number of hydrogen-bond donors (Lipinski definition) is 3. The van der Waals surface area contributed by atoms with E-state index in [1.165, 1.54) is 24.9 Å². The van der Waals surface area contributed by atoms with Gasteiger partial charge >= 0.3 is 5.97 Å². The molecule has 26 heavy (non-hydrogen) atoms. The molecule has 140 valence electrons. The highest BCUT2D eigenvalue weighted by atomic mass is 35.5. The number of amides is 1. The van der Waals surface area contributed by atoms with Crippen molar-refractivity contribution in [3.8, 4) is 0 Å². The first-order valence-corrected chi connectivity index (χ1v) is 9.38. The van der Waals surface area contributed by atoms with Crippen LogP contribution >= 0.6 is 11.6 Å². The van der Waals surface area contributed by atoms with Crippen LogP contribution in [0.5, 0.6) is 0 Å². The summed E-state index contributed by atoms with van der Waals surface area (Å²) >= 11 is 6.08. The monoisotopic (exact) mass is 378 g/mol. The number of H-pyrrole nitrogens is 1. The summed E-state index contributed by atoms with van der Waals surface area (Å²) < 4.78 is 4.83. The van der Waals surface area contributed by atoms with Crippen LogP contribution in [0.25, 0.3) is 10.9 Å². The zero-order chi connectivity index (χ0) is 18.7. The Morgan fingerprint density at radius 1 is 1.42 bits per heavy atom. The molecule has 0 saturated carbocycles. The van der Waals surface area contributed by atoms with E-state index >= 15 is 0 Å². The Morgan fingerprint density at radius 2 is 2.23 bits per heavy atom. The molecule has 3 rings (SSSR count). The molecule has 1 saturated heterocycles. The quantitative estimate of drug-likeness (QED) is 0.698. The number of methoxy groups -OCH3 is 1. The number of nitrogens with one attached hydrogen (secondary N) is 3. The smallest absolute Gasteiger partial charge is 0.356 e. The minimum absolute atomic E-state index is 0.109. The van der Waals surface area contributed by atoms with Gasteiger partial charge in [-0.1, -0.05) is 18.5 Å². The number of fused-ring (bicyclic) bond motifs is 1. The highest BCUT2D eigenvalue weighted by Gasteiger charge is 2.23. The maximum Gasteiger partial charge on any atom is 0.356 e. The number of piperidine rings is 1. The molecule has 1 amide bonds. The molecule has 1 aromatic carbocycles. The fourth-order valence-electron chi connectivity index (χ4n) is 3.67. The Labute approximate surface area is 157 Å². The molecule has 0 radical (unpaired) electrons. The Bertz CT molecular complexity index is 818. The van der Waals surface area contributed by atoms with Crippen molar-refractivity contribution in [2.24, 2.45) is 5.92 Å². The predicted octanol–water partition coefficient (Wildman–Crippen LogP) is 2.25. The normalized spacial score (nSPS) is 20.1. The number of benzene rings is 1. The van der Waals surface area contributed by atoms with Crippen LogP contribution in [0.1, 0.15) is 36.7 Å². The lowest BCUT2D eigenvalue weighted by atomic mass is 10.0. The highest BCUT2D eigenvalue weighted by Crippen LogP contribution is 2.30. The van der Waals surface area contributed by atoms with Gasteiger partial charge in [0.25, 0.3) is 0 Å². The molecular weight excluding hydrogens is 354 g/mol. The van der Waals surface area contributed by atoms with Crippen LogP contribution in [0.3, 0.4) is 0 Å². The second kappa shape index (κ2) is 8.10. The molecule has 1 aliphatic heterocycles. The average molecular weight is 379 g/mol. The van der Waals surface area contributed by atoms with E-state index in [4.69, 9.17) is 16.3 Å². The van der Waals surface area contributed by atoms with E-state index in [1.807, 2.05) is 0 Å². The summed E-state index contributed by atoms with van der Waals surface area (Å²) in [5.41, 5.74) is 1.39. The zero-order valence-electron chi connectivity index (χ0n) is 15.2. The van der Waals surface area contributed by atoms with E-state index in [0.717, 1.165) is 25.2 Å². The van der Waals surface area contributed by atoms with Gasteiger partial charge in [-0.05, 0) is 31.0 Å². The Hall–Kier alpha value is -2.05. The number of rotatable bonds is 5. The van der Waals surface area contributed by atoms with E-state index in [0.29, 0.717) is 28.4 Å².